The molecule has 35 heavy (non-hydrogen) atoms. The molecular weight excluding hydrogens is 514 g/mol. The number of rotatable bonds is 8. The van der Waals surface area contributed by atoms with Crippen LogP contribution in [0.1, 0.15) is 29.8 Å². The lowest BCUT2D eigenvalue weighted by atomic mass is 10.1. The van der Waals surface area contributed by atoms with Crippen LogP contribution < -0.4 is 4.74 Å². The van der Waals surface area contributed by atoms with Crippen LogP contribution in [0.4, 0.5) is 0 Å². The van der Waals surface area contributed by atoms with Crippen molar-refractivity contribution in [2.45, 2.75) is 20.4 Å². The number of para-hydroxylation sites is 1. The van der Waals surface area contributed by atoms with Crippen LogP contribution >= 0.6 is 15.9 Å². The van der Waals surface area contributed by atoms with Gasteiger partial charge in [-0.05, 0) is 82.2 Å². The number of ether oxygens (including phenoxy) is 2. The maximum absolute atomic E-state index is 12.6. The van der Waals surface area contributed by atoms with Crippen molar-refractivity contribution in [2.75, 3.05) is 13.2 Å². The first-order valence-electron chi connectivity index (χ1n) is 11.1. The number of benzene rings is 2. The van der Waals surface area contributed by atoms with Crippen LogP contribution in [0.5, 0.6) is 6.01 Å². The van der Waals surface area contributed by atoms with Crippen molar-refractivity contribution in [2.24, 2.45) is 0 Å². The van der Waals surface area contributed by atoms with Crippen LogP contribution in [0.25, 0.3) is 28.2 Å². The maximum atomic E-state index is 12.6. The van der Waals surface area contributed by atoms with Crippen molar-refractivity contribution in [3.05, 3.63) is 70.3 Å². The SMILES string of the molecule is CCOC(=O)c1cccc2nc(OCC)n(Cc3ccc(-n4c(Br)ccc4-c4nnn[nH]4)cc3)c12. The van der Waals surface area contributed by atoms with Crippen LogP contribution in [0.2, 0.25) is 0 Å². The summed E-state index contributed by atoms with van der Waals surface area (Å²) in [6.45, 7) is 4.91. The number of aromatic amines is 1. The standard InChI is InChI=1S/C24H22BrN7O3/c1-3-34-23(33)17-6-5-7-18-21(17)31(24(26-18)35-4-2)14-15-8-10-16(11-9-15)32-19(12-13-20(32)25)22-27-29-30-28-22/h5-13H,3-4,14H2,1-2H3,(H,27,28,29,30). The summed E-state index contributed by atoms with van der Waals surface area (Å²) in [6, 6.07) is 17.8. The summed E-state index contributed by atoms with van der Waals surface area (Å²) in [5.41, 5.74) is 4.60. The molecule has 0 radical (unpaired) electrons. The number of fused-ring (bicyclic) bond motifs is 1. The number of esters is 1. The molecule has 0 saturated carbocycles. The van der Waals surface area contributed by atoms with Crippen LogP contribution in [0.3, 0.4) is 0 Å². The highest BCUT2D eigenvalue weighted by Gasteiger charge is 2.20. The van der Waals surface area contributed by atoms with E-state index in [2.05, 4.69) is 41.5 Å². The molecular formula is C24H22BrN7O3. The van der Waals surface area contributed by atoms with Gasteiger partial charge in [-0.2, -0.15) is 4.98 Å². The Labute approximate surface area is 209 Å². The quantitative estimate of drug-likeness (QED) is 0.293. The Balaban J connectivity index is 1.52. The number of carbonyl (C=O) groups excluding carboxylic acids is 1. The Hall–Kier alpha value is -3.99. The van der Waals surface area contributed by atoms with Gasteiger partial charge in [0.25, 0.3) is 6.01 Å². The van der Waals surface area contributed by atoms with E-state index in [-0.39, 0.29) is 5.97 Å². The van der Waals surface area contributed by atoms with Crippen LogP contribution in [-0.2, 0) is 11.3 Å². The average Bonchev–Trinajstić information content (AvgIpc) is 3.60. The summed E-state index contributed by atoms with van der Waals surface area (Å²) in [7, 11) is 0. The number of halogens is 1. The number of carbonyl (C=O) groups is 1. The molecule has 5 rings (SSSR count). The zero-order valence-electron chi connectivity index (χ0n) is 19.1. The fourth-order valence-corrected chi connectivity index (χ4v) is 4.51. The zero-order chi connectivity index (χ0) is 24.4. The second-order valence-electron chi connectivity index (χ2n) is 7.60. The van der Waals surface area contributed by atoms with Crippen molar-refractivity contribution >= 4 is 32.9 Å². The molecule has 0 saturated heterocycles. The molecule has 0 fully saturated rings. The van der Waals surface area contributed by atoms with Crippen molar-refractivity contribution in [1.82, 2.24) is 34.7 Å². The highest BCUT2D eigenvalue weighted by Crippen LogP contribution is 2.29. The second kappa shape index (κ2) is 9.71. The first-order chi connectivity index (χ1) is 17.1. The third-order valence-electron chi connectivity index (χ3n) is 5.46. The molecule has 0 aliphatic carbocycles. The van der Waals surface area contributed by atoms with Gasteiger partial charge in [-0.1, -0.05) is 18.2 Å². The van der Waals surface area contributed by atoms with E-state index >= 15 is 0 Å². The number of nitrogens with zero attached hydrogens (tertiary/aromatic N) is 6. The number of tetrazole rings is 1. The summed E-state index contributed by atoms with van der Waals surface area (Å²) in [6.07, 6.45) is 0. The Kier molecular flexibility index (Phi) is 6.32. The molecule has 1 N–H and O–H groups in total. The predicted octanol–water partition coefficient (Wildman–Crippen LogP) is 4.39. The Morgan fingerprint density at radius 2 is 1.89 bits per heavy atom. The van der Waals surface area contributed by atoms with Crippen LogP contribution in [0.15, 0.2) is 59.2 Å². The third-order valence-corrected chi connectivity index (χ3v) is 6.08. The smallest absolute Gasteiger partial charge is 0.340 e. The first kappa shape index (κ1) is 22.8. The van der Waals surface area contributed by atoms with Gasteiger partial charge in [0.2, 0.25) is 0 Å². The third kappa shape index (κ3) is 4.30. The van der Waals surface area contributed by atoms with Crippen molar-refractivity contribution < 1.29 is 14.3 Å². The molecule has 0 bridgehead atoms. The summed E-state index contributed by atoms with van der Waals surface area (Å²) in [5.74, 6) is 0.182. The summed E-state index contributed by atoms with van der Waals surface area (Å²) in [4.78, 5) is 17.3. The molecule has 3 aromatic heterocycles. The summed E-state index contributed by atoms with van der Waals surface area (Å²) in [5, 5.41) is 14.2. The largest absolute Gasteiger partial charge is 0.465 e. The Morgan fingerprint density at radius 1 is 1.06 bits per heavy atom. The van der Waals surface area contributed by atoms with Gasteiger partial charge in [0.1, 0.15) is 0 Å². The highest BCUT2D eigenvalue weighted by molar-refractivity contribution is 9.10. The van der Waals surface area contributed by atoms with Crippen molar-refractivity contribution in [1.29, 1.82) is 0 Å². The van der Waals surface area contributed by atoms with E-state index in [1.54, 1.807) is 19.1 Å². The topological polar surface area (TPSA) is 113 Å². The minimum absolute atomic E-state index is 0.296. The number of hydrogen-bond donors (Lipinski definition) is 1. The highest BCUT2D eigenvalue weighted by atomic mass is 79.9. The number of H-pyrrole nitrogens is 1. The molecule has 5 aromatic rings. The molecule has 0 amide bonds. The van der Waals surface area contributed by atoms with E-state index in [0.29, 0.717) is 48.2 Å². The molecule has 0 unspecified atom stereocenters. The van der Waals surface area contributed by atoms with E-state index in [0.717, 1.165) is 21.5 Å². The molecule has 10 nitrogen and oxygen atoms in total. The predicted molar refractivity (Wildman–Crippen MR) is 133 cm³/mol. The van der Waals surface area contributed by atoms with Gasteiger partial charge in [0, 0.05) is 5.69 Å². The van der Waals surface area contributed by atoms with Gasteiger partial charge >= 0.3 is 5.97 Å². The van der Waals surface area contributed by atoms with Crippen LogP contribution in [-0.4, -0.2) is 53.9 Å². The van der Waals surface area contributed by atoms with Gasteiger partial charge in [-0.25, -0.2) is 9.89 Å². The molecule has 0 aliphatic heterocycles. The summed E-state index contributed by atoms with van der Waals surface area (Å²) >= 11 is 3.60. The van der Waals surface area contributed by atoms with E-state index in [1.165, 1.54) is 0 Å². The number of aromatic nitrogens is 7. The minimum Gasteiger partial charge on any atom is -0.465 e. The normalized spacial score (nSPS) is 11.2. The van der Waals surface area contributed by atoms with Gasteiger partial charge in [-0.15, -0.1) is 5.10 Å². The summed E-state index contributed by atoms with van der Waals surface area (Å²) < 4.78 is 15.9. The molecule has 0 atom stereocenters. The average molecular weight is 536 g/mol. The minimum atomic E-state index is -0.385. The maximum Gasteiger partial charge on any atom is 0.340 e. The molecule has 11 heteroatoms. The molecule has 0 aliphatic rings. The van der Waals surface area contributed by atoms with Crippen LogP contribution in [0, 0.1) is 0 Å². The van der Waals surface area contributed by atoms with Gasteiger partial charge < -0.3 is 14.0 Å². The number of hydrogen-bond acceptors (Lipinski definition) is 7. The van der Waals surface area contributed by atoms with E-state index in [1.807, 2.05) is 58.5 Å². The van der Waals surface area contributed by atoms with Crippen molar-refractivity contribution in [3.63, 3.8) is 0 Å². The Bertz CT molecular complexity index is 1470. The lowest BCUT2D eigenvalue weighted by molar-refractivity contribution is 0.0528. The van der Waals surface area contributed by atoms with E-state index < -0.39 is 0 Å². The zero-order valence-corrected chi connectivity index (χ0v) is 20.7. The lowest BCUT2D eigenvalue weighted by Crippen LogP contribution is -2.10. The molecule has 178 valence electrons. The molecule has 2 aromatic carbocycles. The first-order valence-corrected chi connectivity index (χ1v) is 11.9. The van der Waals surface area contributed by atoms with E-state index in [4.69, 9.17) is 9.47 Å². The van der Waals surface area contributed by atoms with Gasteiger partial charge in [-0.3, -0.25) is 4.57 Å². The fraction of sp³-hybridized carbons (Fsp3) is 0.208. The van der Waals surface area contributed by atoms with Gasteiger partial charge in [0.05, 0.1) is 46.7 Å². The second-order valence-corrected chi connectivity index (χ2v) is 8.41. The Morgan fingerprint density at radius 3 is 2.60 bits per heavy atom. The fourth-order valence-electron chi connectivity index (χ4n) is 3.98. The van der Waals surface area contributed by atoms with E-state index in [9.17, 15) is 4.79 Å². The monoisotopic (exact) mass is 535 g/mol. The lowest BCUT2D eigenvalue weighted by Gasteiger charge is -2.13. The number of nitrogens with one attached hydrogen (secondary N) is 1. The molecule has 0 spiro atoms. The van der Waals surface area contributed by atoms with Gasteiger partial charge in [0.15, 0.2) is 5.82 Å². The molecule has 3 heterocycles. The van der Waals surface area contributed by atoms with Crippen molar-refractivity contribution in [3.8, 4) is 23.2 Å². The number of imidazole rings is 1.